The molecule has 0 aliphatic rings. The number of hydrogen-bond acceptors (Lipinski definition) is 2. The molecule has 0 radical (unpaired) electrons. The minimum atomic E-state index is 0.790. The fourth-order valence-corrected chi connectivity index (χ4v) is 0.483. The summed E-state index contributed by atoms with van der Waals surface area (Å²) in [7, 11) is 0. The highest BCUT2D eigenvalue weighted by atomic mass is 16.1. The van der Waals surface area contributed by atoms with Crippen LogP contribution in [-0.2, 0) is 4.79 Å². The molecule has 2 heteroatoms. The molecule has 0 aliphatic heterocycles. The zero-order valence-electron chi connectivity index (χ0n) is 5.98. The van der Waals surface area contributed by atoms with Crippen molar-refractivity contribution >= 4 is 6.29 Å². The first-order chi connectivity index (χ1) is 4.31. The lowest BCUT2D eigenvalue weighted by Crippen LogP contribution is -2.11. The van der Waals surface area contributed by atoms with Gasteiger partial charge in [-0.2, -0.15) is 0 Å². The predicted molar refractivity (Wildman–Crippen MR) is 38.1 cm³/mol. The largest absolute Gasteiger partial charge is 0.388 e. The molecule has 9 heavy (non-hydrogen) atoms. The maximum absolute atomic E-state index is 9.86. The van der Waals surface area contributed by atoms with Crippen LogP contribution in [0.3, 0.4) is 0 Å². The van der Waals surface area contributed by atoms with Gasteiger partial charge in [0.1, 0.15) is 6.29 Å². The molecule has 0 fully saturated rings. The topological polar surface area (TPSA) is 29.1 Å². The molecule has 0 aromatic carbocycles. The smallest absolute Gasteiger partial charge is 0.144 e. The van der Waals surface area contributed by atoms with Gasteiger partial charge < -0.3 is 5.32 Å². The van der Waals surface area contributed by atoms with Crippen molar-refractivity contribution in [3.63, 3.8) is 0 Å². The van der Waals surface area contributed by atoms with Gasteiger partial charge >= 0.3 is 0 Å². The average molecular weight is 127 g/mol. The van der Waals surface area contributed by atoms with Crippen LogP contribution in [-0.4, -0.2) is 12.8 Å². The third kappa shape index (κ3) is 5.07. The molecule has 0 aromatic rings. The third-order valence-electron chi connectivity index (χ3n) is 0.972. The molecule has 0 bridgehead atoms. The highest BCUT2D eigenvalue weighted by Gasteiger charge is 1.82. The summed E-state index contributed by atoms with van der Waals surface area (Å²) in [6.07, 6.45) is 3.40. The second-order valence-electron chi connectivity index (χ2n) is 1.91. The maximum atomic E-state index is 9.86. The molecule has 0 spiro atoms. The van der Waals surface area contributed by atoms with Crippen molar-refractivity contribution in [1.29, 1.82) is 0 Å². The standard InChI is InChI=1S/C7H13NO/c1-3-5-8-7(2)4-6-9/h4,6,8H,3,5H2,1-2H3. The Morgan fingerprint density at radius 3 is 2.78 bits per heavy atom. The second-order valence-corrected chi connectivity index (χ2v) is 1.91. The van der Waals surface area contributed by atoms with Gasteiger partial charge in [-0.3, -0.25) is 4.79 Å². The fraction of sp³-hybridized carbons (Fsp3) is 0.571. The SMILES string of the molecule is CCCNC(C)=CC=O. The van der Waals surface area contributed by atoms with E-state index in [0.29, 0.717) is 0 Å². The monoisotopic (exact) mass is 127 g/mol. The molecule has 0 unspecified atom stereocenters. The molecule has 0 amide bonds. The molecular formula is C7H13NO. The Bertz CT molecular complexity index is 107. The van der Waals surface area contributed by atoms with Crippen LogP contribution in [0.1, 0.15) is 20.3 Å². The van der Waals surface area contributed by atoms with Crippen LogP contribution in [0.2, 0.25) is 0 Å². The molecule has 0 aliphatic carbocycles. The van der Waals surface area contributed by atoms with E-state index in [1.807, 2.05) is 6.92 Å². The van der Waals surface area contributed by atoms with E-state index in [-0.39, 0.29) is 0 Å². The zero-order chi connectivity index (χ0) is 7.11. The zero-order valence-corrected chi connectivity index (χ0v) is 5.98. The van der Waals surface area contributed by atoms with Crippen molar-refractivity contribution < 1.29 is 4.79 Å². The van der Waals surface area contributed by atoms with Crippen molar-refractivity contribution in [2.75, 3.05) is 6.54 Å². The first-order valence-corrected chi connectivity index (χ1v) is 3.17. The number of hydrogen-bond donors (Lipinski definition) is 1. The Hall–Kier alpha value is -0.790. The predicted octanol–water partition coefficient (Wildman–Crippen LogP) is 1.09. The van der Waals surface area contributed by atoms with Gasteiger partial charge in [-0.05, 0) is 19.4 Å². The average Bonchev–Trinajstić information content (AvgIpc) is 1.85. The van der Waals surface area contributed by atoms with Gasteiger partial charge in [0, 0.05) is 12.2 Å². The first-order valence-electron chi connectivity index (χ1n) is 3.17. The van der Waals surface area contributed by atoms with E-state index < -0.39 is 0 Å². The van der Waals surface area contributed by atoms with Gasteiger partial charge in [0.15, 0.2) is 0 Å². The maximum Gasteiger partial charge on any atom is 0.144 e. The lowest BCUT2D eigenvalue weighted by molar-refractivity contribution is -0.104. The lowest BCUT2D eigenvalue weighted by Gasteiger charge is -2.00. The van der Waals surface area contributed by atoms with Gasteiger partial charge in [-0.25, -0.2) is 0 Å². The van der Waals surface area contributed by atoms with Gasteiger partial charge in [0.2, 0.25) is 0 Å². The van der Waals surface area contributed by atoms with Crippen molar-refractivity contribution in [2.24, 2.45) is 0 Å². The summed E-state index contributed by atoms with van der Waals surface area (Å²) >= 11 is 0. The number of rotatable bonds is 4. The number of carbonyl (C=O) groups excluding carboxylic acids is 1. The molecule has 52 valence electrons. The highest BCUT2D eigenvalue weighted by Crippen LogP contribution is 1.82. The van der Waals surface area contributed by atoms with Crippen LogP contribution in [0.5, 0.6) is 0 Å². The quantitative estimate of drug-likeness (QED) is 0.452. The summed E-state index contributed by atoms with van der Waals surface area (Å²) < 4.78 is 0. The van der Waals surface area contributed by atoms with Crippen LogP contribution < -0.4 is 5.32 Å². The van der Waals surface area contributed by atoms with E-state index in [1.165, 1.54) is 6.08 Å². The Morgan fingerprint density at radius 2 is 2.33 bits per heavy atom. The van der Waals surface area contributed by atoms with E-state index in [2.05, 4.69) is 12.2 Å². The van der Waals surface area contributed by atoms with Crippen LogP contribution >= 0.6 is 0 Å². The van der Waals surface area contributed by atoms with Gasteiger partial charge in [-0.1, -0.05) is 6.92 Å². The van der Waals surface area contributed by atoms with E-state index >= 15 is 0 Å². The molecule has 1 N–H and O–H groups in total. The lowest BCUT2D eigenvalue weighted by atomic mass is 10.4. The summed E-state index contributed by atoms with van der Waals surface area (Å²) in [4.78, 5) is 9.86. The van der Waals surface area contributed by atoms with E-state index in [1.54, 1.807) is 0 Å². The van der Waals surface area contributed by atoms with E-state index in [4.69, 9.17) is 0 Å². The summed E-state index contributed by atoms with van der Waals surface area (Å²) in [6, 6.07) is 0. The minimum absolute atomic E-state index is 0.790. The van der Waals surface area contributed by atoms with Crippen LogP contribution in [0.15, 0.2) is 11.8 Å². The molecule has 2 nitrogen and oxygen atoms in total. The van der Waals surface area contributed by atoms with Gasteiger partial charge in [0.05, 0.1) is 0 Å². The normalized spacial score (nSPS) is 11.1. The van der Waals surface area contributed by atoms with Crippen molar-refractivity contribution in [1.82, 2.24) is 5.32 Å². The molecule has 0 heterocycles. The summed E-state index contributed by atoms with van der Waals surface area (Å²) in [6.45, 7) is 4.90. The summed E-state index contributed by atoms with van der Waals surface area (Å²) in [5.41, 5.74) is 0.937. The highest BCUT2D eigenvalue weighted by molar-refractivity contribution is 5.65. The number of allylic oxidation sites excluding steroid dienone is 2. The molecule has 0 atom stereocenters. The number of nitrogens with one attached hydrogen (secondary N) is 1. The van der Waals surface area contributed by atoms with Gasteiger partial charge in [0.25, 0.3) is 0 Å². The molecular weight excluding hydrogens is 114 g/mol. The third-order valence-corrected chi connectivity index (χ3v) is 0.972. The number of aldehydes is 1. The Morgan fingerprint density at radius 1 is 1.67 bits per heavy atom. The van der Waals surface area contributed by atoms with Crippen LogP contribution in [0.4, 0.5) is 0 Å². The molecule has 0 aromatic heterocycles. The Balaban J connectivity index is 3.36. The van der Waals surface area contributed by atoms with Crippen LogP contribution in [0, 0.1) is 0 Å². The Kier molecular flexibility index (Phi) is 4.88. The first kappa shape index (κ1) is 8.21. The molecule has 0 saturated heterocycles. The van der Waals surface area contributed by atoms with E-state index in [0.717, 1.165) is 24.9 Å². The van der Waals surface area contributed by atoms with Crippen LogP contribution in [0.25, 0.3) is 0 Å². The molecule has 0 saturated carbocycles. The summed E-state index contributed by atoms with van der Waals surface area (Å²) in [5, 5.41) is 3.06. The number of carbonyl (C=O) groups is 1. The summed E-state index contributed by atoms with van der Waals surface area (Å²) in [5.74, 6) is 0. The second kappa shape index (κ2) is 5.35. The Labute approximate surface area is 56.0 Å². The van der Waals surface area contributed by atoms with Crippen molar-refractivity contribution in [2.45, 2.75) is 20.3 Å². The fourth-order valence-electron chi connectivity index (χ4n) is 0.483. The van der Waals surface area contributed by atoms with Crippen molar-refractivity contribution in [3.8, 4) is 0 Å². The molecule has 0 rings (SSSR count). The minimum Gasteiger partial charge on any atom is -0.388 e. The van der Waals surface area contributed by atoms with E-state index in [9.17, 15) is 4.79 Å². The van der Waals surface area contributed by atoms with Gasteiger partial charge in [-0.15, -0.1) is 0 Å². The van der Waals surface area contributed by atoms with Crippen molar-refractivity contribution in [3.05, 3.63) is 11.8 Å².